The molecule has 4 aliphatic carbocycles. The Balaban J connectivity index is 1.21. The van der Waals surface area contributed by atoms with Crippen molar-refractivity contribution in [3.8, 4) is 0 Å². The average molecular weight is 355 g/mol. The van der Waals surface area contributed by atoms with E-state index in [2.05, 4.69) is 4.90 Å². The number of piperidine rings is 1. The first kappa shape index (κ1) is 16.8. The van der Waals surface area contributed by atoms with E-state index < -0.39 is 0 Å². The van der Waals surface area contributed by atoms with Crippen molar-refractivity contribution in [1.29, 1.82) is 0 Å². The van der Waals surface area contributed by atoms with Crippen molar-refractivity contribution in [2.75, 3.05) is 13.1 Å². The van der Waals surface area contributed by atoms with Gasteiger partial charge in [0.25, 0.3) is 0 Å². The first-order chi connectivity index (χ1) is 12.6. The van der Waals surface area contributed by atoms with Crippen LogP contribution in [0.4, 0.5) is 4.39 Å². The monoisotopic (exact) mass is 355 g/mol. The van der Waals surface area contributed by atoms with Gasteiger partial charge in [-0.05, 0) is 99.2 Å². The predicted octanol–water partition coefficient (Wildman–Crippen LogP) is 4.82. The first-order valence-corrected chi connectivity index (χ1v) is 10.6. The third-order valence-corrected chi connectivity index (χ3v) is 7.81. The molecule has 5 fully saturated rings. The second kappa shape index (κ2) is 6.35. The van der Waals surface area contributed by atoms with Crippen LogP contribution < -0.4 is 0 Å². The summed E-state index contributed by atoms with van der Waals surface area (Å²) in [5, 5.41) is 0. The van der Waals surface area contributed by atoms with Crippen LogP contribution in [-0.2, 0) is 11.2 Å². The highest BCUT2D eigenvalue weighted by atomic mass is 19.1. The summed E-state index contributed by atoms with van der Waals surface area (Å²) < 4.78 is 13.4. The summed E-state index contributed by atoms with van der Waals surface area (Å²) in [6, 6.07) is 7.00. The van der Waals surface area contributed by atoms with Gasteiger partial charge >= 0.3 is 0 Å². The lowest BCUT2D eigenvalue weighted by Gasteiger charge is -2.57. The van der Waals surface area contributed by atoms with Crippen molar-refractivity contribution >= 4 is 5.91 Å². The van der Waals surface area contributed by atoms with Crippen LogP contribution in [0.5, 0.6) is 0 Å². The molecule has 0 unspecified atom stereocenters. The molecule has 0 spiro atoms. The highest BCUT2D eigenvalue weighted by molar-refractivity contribution is 5.83. The van der Waals surface area contributed by atoms with Gasteiger partial charge in [-0.15, -0.1) is 0 Å². The number of hydrogen-bond acceptors (Lipinski definition) is 1. The Kier molecular flexibility index (Phi) is 4.10. The van der Waals surface area contributed by atoms with Gasteiger partial charge in [-0.25, -0.2) is 4.39 Å². The van der Waals surface area contributed by atoms with E-state index in [1.54, 1.807) is 12.1 Å². The van der Waals surface area contributed by atoms with Crippen LogP contribution >= 0.6 is 0 Å². The van der Waals surface area contributed by atoms with E-state index in [4.69, 9.17) is 0 Å². The fourth-order valence-electron chi connectivity index (χ4n) is 7.05. The van der Waals surface area contributed by atoms with E-state index in [0.29, 0.717) is 11.8 Å². The molecule has 4 saturated carbocycles. The number of rotatable bonds is 3. The number of nitrogens with zero attached hydrogens (tertiary/aromatic N) is 1. The van der Waals surface area contributed by atoms with Crippen LogP contribution in [-0.4, -0.2) is 23.9 Å². The van der Waals surface area contributed by atoms with E-state index in [9.17, 15) is 9.18 Å². The molecule has 0 N–H and O–H groups in total. The average Bonchev–Trinajstić information content (AvgIpc) is 2.61. The fraction of sp³-hybridized carbons (Fsp3) is 0.696. The molecule has 1 aliphatic heterocycles. The van der Waals surface area contributed by atoms with Crippen LogP contribution in [0.1, 0.15) is 56.9 Å². The van der Waals surface area contributed by atoms with Gasteiger partial charge in [-0.1, -0.05) is 12.1 Å². The van der Waals surface area contributed by atoms with Gasteiger partial charge < -0.3 is 4.90 Å². The molecule has 1 heterocycles. The van der Waals surface area contributed by atoms with Crippen LogP contribution in [0, 0.1) is 34.9 Å². The minimum absolute atomic E-state index is 0.00411. The first-order valence-electron chi connectivity index (χ1n) is 10.6. The molecule has 140 valence electrons. The van der Waals surface area contributed by atoms with Gasteiger partial charge in [0.15, 0.2) is 0 Å². The second-order valence-electron chi connectivity index (χ2n) is 9.77. The quantitative estimate of drug-likeness (QED) is 0.761. The summed E-state index contributed by atoms with van der Waals surface area (Å²) in [5.41, 5.74) is 1.10. The molecule has 1 amide bonds. The predicted molar refractivity (Wildman–Crippen MR) is 100 cm³/mol. The number of carbonyl (C=O) groups is 1. The van der Waals surface area contributed by atoms with Crippen molar-refractivity contribution < 1.29 is 9.18 Å². The molecular weight excluding hydrogens is 325 g/mol. The zero-order valence-corrected chi connectivity index (χ0v) is 15.6. The zero-order valence-electron chi connectivity index (χ0n) is 15.6. The van der Waals surface area contributed by atoms with Crippen molar-refractivity contribution in [1.82, 2.24) is 4.90 Å². The smallest absolute Gasteiger partial charge is 0.228 e. The topological polar surface area (TPSA) is 20.3 Å². The lowest BCUT2D eigenvalue weighted by molar-refractivity contribution is -0.159. The molecule has 6 rings (SSSR count). The summed E-state index contributed by atoms with van der Waals surface area (Å²) in [7, 11) is 0. The standard InChI is InChI=1S/C23H30FNO/c24-21-3-1-2-17(12-21)8-16-4-6-25(7-5-16)22(26)23-13-18-9-19(14-23)11-20(10-18)15-23/h1-3,12,16,18-20H,4-11,13-15H2. The lowest BCUT2D eigenvalue weighted by atomic mass is 9.49. The lowest BCUT2D eigenvalue weighted by Crippen LogP contribution is -2.55. The summed E-state index contributed by atoms with van der Waals surface area (Å²) >= 11 is 0. The Morgan fingerprint density at radius 2 is 1.65 bits per heavy atom. The molecule has 0 radical (unpaired) electrons. The van der Waals surface area contributed by atoms with E-state index in [-0.39, 0.29) is 11.2 Å². The molecule has 5 aliphatic rings. The number of halogens is 1. The van der Waals surface area contributed by atoms with E-state index in [1.165, 1.54) is 44.6 Å². The molecule has 2 nitrogen and oxygen atoms in total. The number of amides is 1. The Morgan fingerprint density at radius 3 is 2.23 bits per heavy atom. The van der Waals surface area contributed by atoms with Crippen LogP contribution in [0.2, 0.25) is 0 Å². The largest absolute Gasteiger partial charge is 0.342 e. The zero-order chi connectivity index (χ0) is 17.7. The van der Waals surface area contributed by atoms with Gasteiger partial charge in [0, 0.05) is 13.1 Å². The summed E-state index contributed by atoms with van der Waals surface area (Å²) in [6.45, 7) is 1.81. The normalized spacial score (nSPS) is 36.5. The van der Waals surface area contributed by atoms with Gasteiger partial charge in [0.05, 0.1) is 5.41 Å². The maximum Gasteiger partial charge on any atom is 0.228 e. The molecule has 0 aromatic heterocycles. The fourth-order valence-corrected chi connectivity index (χ4v) is 7.05. The number of benzene rings is 1. The molecule has 3 heteroatoms. The van der Waals surface area contributed by atoms with Gasteiger partial charge in [0.2, 0.25) is 5.91 Å². The SMILES string of the molecule is O=C(N1CCC(Cc2cccc(F)c2)CC1)C12CC3CC(CC(C3)C1)C2. The van der Waals surface area contributed by atoms with Gasteiger partial charge in [-0.2, -0.15) is 0 Å². The molecule has 1 saturated heterocycles. The summed E-state index contributed by atoms with van der Waals surface area (Å²) in [4.78, 5) is 15.6. The minimum Gasteiger partial charge on any atom is -0.342 e. The van der Waals surface area contributed by atoms with Crippen LogP contribution in [0.15, 0.2) is 24.3 Å². The van der Waals surface area contributed by atoms with Crippen molar-refractivity contribution in [2.45, 2.75) is 57.8 Å². The van der Waals surface area contributed by atoms with Crippen LogP contribution in [0.3, 0.4) is 0 Å². The molecule has 1 aromatic carbocycles. The van der Waals surface area contributed by atoms with Gasteiger partial charge in [0.1, 0.15) is 5.82 Å². The summed E-state index contributed by atoms with van der Waals surface area (Å²) in [5.74, 6) is 3.41. The van der Waals surface area contributed by atoms with Crippen molar-refractivity contribution in [3.63, 3.8) is 0 Å². The van der Waals surface area contributed by atoms with E-state index >= 15 is 0 Å². The van der Waals surface area contributed by atoms with E-state index in [1.807, 2.05) is 6.07 Å². The molecule has 26 heavy (non-hydrogen) atoms. The Morgan fingerprint density at radius 1 is 1.04 bits per heavy atom. The maximum absolute atomic E-state index is 13.4. The number of hydrogen-bond donors (Lipinski definition) is 0. The highest BCUT2D eigenvalue weighted by Gasteiger charge is 2.55. The third kappa shape index (κ3) is 2.97. The molecule has 1 aromatic rings. The van der Waals surface area contributed by atoms with Crippen LogP contribution in [0.25, 0.3) is 0 Å². The second-order valence-corrected chi connectivity index (χ2v) is 9.77. The number of carbonyl (C=O) groups excluding carboxylic acids is 1. The summed E-state index contributed by atoms with van der Waals surface area (Å²) in [6.07, 6.45) is 10.7. The molecule has 4 bridgehead atoms. The minimum atomic E-state index is -0.142. The van der Waals surface area contributed by atoms with Crippen molar-refractivity contribution in [2.24, 2.45) is 29.1 Å². The Bertz CT molecular complexity index is 656. The van der Waals surface area contributed by atoms with Crippen molar-refractivity contribution in [3.05, 3.63) is 35.6 Å². The third-order valence-electron chi connectivity index (χ3n) is 7.81. The van der Waals surface area contributed by atoms with Gasteiger partial charge in [-0.3, -0.25) is 4.79 Å². The molecule has 0 atom stereocenters. The number of likely N-dealkylation sites (tertiary alicyclic amines) is 1. The highest BCUT2D eigenvalue weighted by Crippen LogP contribution is 2.60. The Labute approximate surface area is 156 Å². The molecular formula is C23H30FNO. The Hall–Kier alpha value is -1.38. The maximum atomic E-state index is 13.4. The van der Waals surface area contributed by atoms with E-state index in [0.717, 1.165) is 55.7 Å².